The summed E-state index contributed by atoms with van der Waals surface area (Å²) in [5.74, 6) is 6.82. The third-order valence-electron chi connectivity index (χ3n) is 6.32. The molecule has 1 fully saturated rings. The third-order valence-corrected chi connectivity index (χ3v) is 6.32. The van der Waals surface area contributed by atoms with E-state index < -0.39 is 11.4 Å². The number of hydrogen-bond acceptors (Lipinski definition) is 8. The van der Waals surface area contributed by atoms with E-state index in [1.165, 1.54) is 18.5 Å². The number of aromatic nitrogens is 4. The Morgan fingerprint density at radius 3 is 2.64 bits per heavy atom. The molecule has 0 spiro atoms. The van der Waals surface area contributed by atoms with Crippen LogP contribution in [0.4, 0.5) is 10.2 Å². The molecule has 1 aliphatic heterocycles. The summed E-state index contributed by atoms with van der Waals surface area (Å²) in [4.78, 5) is 13.1. The number of ether oxygens (including phenoxy) is 1. The number of nitrogens with zero attached hydrogens (tertiary/aromatic N) is 7. The van der Waals surface area contributed by atoms with Crippen molar-refractivity contribution >= 4 is 11.3 Å². The summed E-state index contributed by atoms with van der Waals surface area (Å²) in [7, 11) is 0. The van der Waals surface area contributed by atoms with Crippen LogP contribution in [0.25, 0.3) is 16.6 Å². The molecule has 0 saturated carbocycles. The van der Waals surface area contributed by atoms with Gasteiger partial charge in [-0.2, -0.15) is 10.4 Å². The first-order valence-electron chi connectivity index (χ1n) is 12.6. The lowest BCUT2D eigenvalue weighted by atomic mass is 10.1. The highest BCUT2D eigenvalue weighted by Gasteiger charge is 2.19. The van der Waals surface area contributed by atoms with Crippen LogP contribution >= 0.6 is 0 Å². The van der Waals surface area contributed by atoms with E-state index in [1.54, 1.807) is 36.8 Å². The predicted octanol–water partition coefficient (Wildman–Crippen LogP) is 3.13. The van der Waals surface area contributed by atoms with Gasteiger partial charge in [0.2, 0.25) is 0 Å². The molecule has 39 heavy (non-hydrogen) atoms. The summed E-state index contributed by atoms with van der Waals surface area (Å²) >= 11 is 0. The minimum Gasteiger partial charge on any atom is -0.489 e. The van der Waals surface area contributed by atoms with Gasteiger partial charge >= 0.3 is 0 Å². The highest BCUT2D eigenvalue weighted by Crippen LogP contribution is 2.31. The Kier molecular flexibility index (Phi) is 7.42. The number of pyridine rings is 3. The van der Waals surface area contributed by atoms with Crippen molar-refractivity contribution in [3.8, 4) is 34.8 Å². The molecule has 1 aliphatic rings. The molecule has 5 heterocycles. The number of nitriles is 1. The smallest absolute Gasteiger partial charge is 0.157 e. The van der Waals surface area contributed by atoms with E-state index in [4.69, 9.17) is 9.72 Å². The average molecular weight is 526 g/mol. The Hall–Kier alpha value is -4.51. The van der Waals surface area contributed by atoms with Gasteiger partial charge in [0.05, 0.1) is 35.6 Å². The maximum Gasteiger partial charge on any atom is 0.157 e. The molecule has 0 aromatic carbocycles. The fraction of sp³-hybridized carbons (Fsp3) is 0.310. The maximum atomic E-state index is 13.7. The van der Waals surface area contributed by atoms with Crippen LogP contribution in [0.5, 0.6) is 5.75 Å². The van der Waals surface area contributed by atoms with Gasteiger partial charge in [-0.3, -0.25) is 4.90 Å². The number of rotatable bonds is 6. The number of aliphatic hydroxyl groups is 1. The molecule has 198 valence electrons. The minimum absolute atomic E-state index is 0.110. The van der Waals surface area contributed by atoms with Gasteiger partial charge in [-0.25, -0.2) is 18.9 Å². The molecule has 5 rings (SSSR count). The number of fused-ring (bicyclic) bond motifs is 1. The maximum absolute atomic E-state index is 13.7. The van der Waals surface area contributed by atoms with E-state index in [-0.39, 0.29) is 12.3 Å². The molecule has 0 aliphatic carbocycles. The van der Waals surface area contributed by atoms with Crippen molar-refractivity contribution in [1.82, 2.24) is 24.5 Å². The van der Waals surface area contributed by atoms with Crippen molar-refractivity contribution in [2.45, 2.75) is 19.4 Å². The second-order valence-corrected chi connectivity index (χ2v) is 9.96. The van der Waals surface area contributed by atoms with E-state index in [2.05, 4.69) is 37.8 Å². The monoisotopic (exact) mass is 525 g/mol. The molecule has 4 aromatic rings. The van der Waals surface area contributed by atoms with E-state index in [9.17, 15) is 14.8 Å². The second kappa shape index (κ2) is 11.1. The number of halogens is 1. The highest BCUT2D eigenvalue weighted by atomic mass is 19.1. The molecule has 1 saturated heterocycles. The van der Waals surface area contributed by atoms with Crippen LogP contribution in [0, 0.1) is 29.0 Å². The van der Waals surface area contributed by atoms with Gasteiger partial charge in [0.1, 0.15) is 29.9 Å². The van der Waals surface area contributed by atoms with Crippen LogP contribution in [0.15, 0.2) is 55.1 Å². The summed E-state index contributed by atoms with van der Waals surface area (Å²) in [6.07, 6.45) is 6.55. The molecule has 9 nitrogen and oxygen atoms in total. The molecular formula is C29H28FN7O2. The Bertz CT molecular complexity index is 1570. The van der Waals surface area contributed by atoms with Gasteiger partial charge in [0.25, 0.3) is 0 Å². The summed E-state index contributed by atoms with van der Waals surface area (Å²) in [5, 5.41) is 24.0. The SMILES string of the molecule is CC(C)(O)COc1cc(-c2ccc(N3CCN(CC#Cc4ncccc4F)CC3)nc2)c2c(C#N)cnn2c1. The Labute approximate surface area is 226 Å². The average Bonchev–Trinajstić information content (AvgIpc) is 3.36. The van der Waals surface area contributed by atoms with Crippen molar-refractivity contribution in [3.63, 3.8) is 0 Å². The summed E-state index contributed by atoms with van der Waals surface area (Å²) in [6.45, 7) is 7.20. The van der Waals surface area contributed by atoms with Crippen LogP contribution in [0.3, 0.4) is 0 Å². The van der Waals surface area contributed by atoms with E-state index in [0.717, 1.165) is 43.1 Å². The van der Waals surface area contributed by atoms with Gasteiger partial charge in [-0.05, 0) is 50.1 Å². The van der Waals surface area contributed by atoms with E-state index >= 15 is 0 Å². The van der Waals surface area contributed by atoms with Crippen LogP contribution in [0.2, 0.25) is 0 Å². The normalized spacial score (nSPS) is 14.1. The van der Waals surface area contributed by atoms with Crippen molar-refractivity contribution in [1.29, 1.82) is 5.26 Å². The molecule has 10 heteroatoms. The van der Waals surface area contributed by atoms with Gasteiger partial charge in [0, 0.05) is 49.7 Å². The Balaban J connectivity index is 1.28. The lowest BCUT2D eigenvalue weighted by Gasteiger charge is -2.34. The van der Waals surface area contributed by atoms with Gasteiger partial charge in [-0.15, -0.1) is 0 Å². The first-order chi connectivity index (χ1) is 18.8. The highest BCUT2D eigenvalue weighted by molar-refractivity contribution is 5.85. The molecule has 0 unspecified atom stereocenters. The standard InChI is InChI=1S/C29H28FN7O2/c1-29(2,38)20-39-23-15-24(28-22(16-31)18-34-37(28)19-23)21-7-8-27(33-17-21)36-13-11-35(12-14-36)10-4-6-26-25(30)5-3-9-32-26/h3,5,7-9,15,17-19,38H,10-14,20H2,1-2H3. The van der Waals surface area contributed by atoms with Crippen molar-refractivity contribution in [2.24, 2.45) is 0 Å². The molecule has 0 amide bonds. The molecule has 1 N–H and O–H groups in total. The topological polar surface area (TPSA) is 103 Å². The largest absolute Gasteiger partial charge is 0.489 e. The lowest BCUT2D eigenvalue weighted by Crippen LogP contribution is -2.46. The van der Waals surface area contributed by atoms with Crippen LogP contribution in [-0.4, -0.2) is 74.5 Å². The quantitative estimate of drug-likeness (QED) is 0.383. The first-order valence-corrected chi connectivity index (χ1v) is 12.6. The zero-order chi connectivity index (χ0) is 27.4. The summed E-state index contributed by atoms with van der Waals surface area (Å²) < 4.78 is 21.1. The van der Waals surface area contributed by atoms with E-state index in [0.29, 0.717) is 23.4 Å². The van der Waals surface area contributed by atoms with Crippen LogP contribution in [-0.2, 0) is 0 Å². The van der Waals surface area contributed by atoms with Crippen molar-refractivity contribution in [2.75, 3.05) is 44.2 Å². The van der Waals surface area contributed by atoms with Gasteiger partial charge in [-0.1, -0.05) is 5.92 Å². The number of hydrogen-bond donors (Lipinski definition) is 1. The third kappa shape index (κ3) is 6.15. The van der Waals surface area contributed by atoms with E-state index in [1.807, 2.05) is 18.2 Å². The fourth-order valence-electron chi connectivity index (χ4n) is 4.32. The summed E-state index contributed by atoms with van der Waals surface area (Å²) in [5.41, 5.74) is 1.89. The zero-order valence-corrected chi connectivity index (χ0v) is 21.8. The number of anilines is 1. The predicted molar refractivity (Wildman–Crippen MR) is 145 cm³/mol. The van der Waals surface area contributed by atoms with Crippen molar-refractivity contribution < 1.29 is 14.2 Å². The van der Waals surface area contributed by atoms with Crippen LogP contribution in [0.1, 0.15) is 25.1 Å². The molecule has 0 atom stereocenters. The Morgan fingerprint density at radius 1 is 1.13 bits per heavy atom. The Morgan fingerprint density at radius 2 is 1.95 bits per heavy atom. The molecule has 4 aromatic heterocycles. The molecule has 0 bridgehead atoms. The minimum atomic E-state index is -0.992. The summed E-state index contributed by atoms with van der Waals surface area (Å²) in [6, 6.07) is 10.9. The van der Waals surface area contributed by atoms with Gasteiger partial charge in [0.15, 0.2) is 5.82 Å². The fourth-order valence-corrected chi connectivity index (χ4v) is 4.32. The first kappa shape index (κ1) is 26.1. The molecular weight excluding hydrogens is 497 g/mol. The van der Waals surface area contributed by atoms with Crippen LogP contribution < -0.4 is 9.64 Å². The molecule has 0 radical (unpaired) electrons. The zero-order valence-electron chi connectivity index (χ0n) is 21.8. The lowest BCUT2D eigenvalue weighted by molar-refractivity contribution is 0.0283. The van der Waals surface area contributed by atoms with Gasteiger partial charge < -0.3 is 14.7 Å². The second-order valence-electron chi connectivity index (χ2n) is 9.96. The number of piperazine rings is 1. The van der Waals surface area contributed by atoms with Crippen molar-refractivity contribution in [3.05, 3.63) is 72.2 Å².